The number of guanidine groups is 1. The summed E-state index contributed by atoms with van der Waals surface area (Å²) in [5, 5.41) is 6.82. The van der Waals surface area contributed by atoms with Gasteiger partial charge in [0.2, 0.25) is 0 Å². The first-order valence-electron chi connectivity index (χ1n) is 9.09. The van der Waals surface area contributed by atoms with E-state index in [1.54, 1.807) is 0 Å². The predicted molar refractivity (Wildman–Crippen MR) is 118 cm³/mol. The summed E-state index contributed by atoms with van der Waals surface area (Å²) in [5.74, 6) is 0.883. The van der Waals surface area contributed by atoms with Crippen LogP contribution in [0.1, 0.15) is 24.0 Å². The van der Waals surface area contributed by atoms with E-state index in [2.05, 4.69) is 63.7 Å². The highest BCUT2D eigenvalue weighted by molar-refractivity contribution is 14.0. The molecule has 25 heavy (non-hydrogen) atoms. The number of aliphatic imine (C=N–C) groups is 1. The Hall–Kier alpha value is -0.860. The number of nitrogens with zero attached hydrogens (tertiary/aromatic N) is 3. The normalized spacial score (nSPS) is 16.8. The summed E-state index contributed by atoms with van der Waals surface area (Å²) in [6.45, 7) is 9.91. The molecular weight excluding hydrogens is 425 g/mol. The third kappa shape index (κ3) is 8.37. The topological polar surface area (TPSA) is 42.9 Å². The van der Waals surface area contributed by atoms with E-state index in [1.165, 1.54) is 43.7 Å². The van der Waals surface area contributed by atoms with Gasteiger partial charge in [0.15, 0.2) is 5.96 Å². The summed E-state index contributed by atoms with van der Waals surface area (Å²) in [7, 11) is 4.05. The van der Waals surface area contributed by atoms with Crippen LogP contribution in [0.25, 0.3) is 0 Å². The Labute approximate surface area is 170 Å². The molecule has 2 N–H and O–H groups in total. The van der Waals surface area contributed by atoms with Crippen molar-refractivity contribution in [3.63, 3.8) is 0 Å². The number of aryl methyl sites for hydroxylation is 1. The maximum absolute atomic E-state index is 4.32. The molecule has 0 spiro atoms. The van der Waals surface area contributed by atoms with Gasteiger partial charge in [-0.3, -0.25) is 4.99 Å². The smallest absolute Gasteiger partial charge is 0.191 e. The molecule has 142 valence electrons. The molecule has 6 heteroatoms. The number of halogens is 1. The van der Waals surface area contributed by atoms with Crippen LogP contribution in [0.5, 0.6) is 0 Å². The van der Waals surface area contributed by atoms with Crippen molar-refractivity contribution in [3.8, 4) is 0 Å². The van der Waals surface area contributed by atoms with Crippen LogP contribution in [0.2, 0.25) is 0 Å². The van der Waals surface area contributed by atoms with Crippen LogP contribution in [0.15, 0.2) is 29.3 Å². The third-order valence-electron chi connectivity index (χ3n) is 4.69. The van der Waals surface area contributed by atoms with Gasteiger partial charge in [0.1, 0.15) is 0 Å². The summed E-state index contributed by atoms with van der Waals surface area (Å²) in [4.78, 5) is 9.32. The Morgan fingerprint density at radius 3 is 2.68 bits per heavy atom. The highest BCUT2D eigenvalue weighted by Gasteiger charge is 2.11. The molecule has 1 saturated heterocycles. The maximum Gasteiger partial charge on any atom is 0.191 e. The summed E-state index contributed by atoms with van der Waals surface area (Å²) >= 11 is 0. The Morgan fingerprint density at radius 2 is 1.92 bits per heavy atom. The fourth-order valence-corrected chi connectivity index (χ4v) is 3.04. The third-order valence-corrected chi connectivity index (χ3v) is 4.69. The fourth-order valence-electron chi connectivity index (χ4n) is 3.04. The molecule has 5 nitrogen and oxygen atoms in total. The van der Waals surface area contributed by atoms with Crippen LogP contribution in [0, 0.1) is 6.92 Å². The van der Waals surface area contributed by atoms with Gasteiger partial charge in [-0.1, -0.05) is 24.3 Å². The number of hydrogen-bond acceptors (Lipinski definition) is 3. The zero-order chi connectivity index (χ0) is 17.2. The Balaban J connectivity index is 0.00000312. The Bertz CT molecular complexity index is 520. The van der Waals surface area contributed by atoms with Gasteiger partial charge in [-0.15, -0.1) is 24.0 Å². The lowest BCUT2D eigenvalue weighted by atomic mass is 10.1. The number of likely N-dealkylation sites (N-methyl/N-ethyl adjacent to an activating group) is 1. The molecule has 1 aliphatic heterocycles. The van der Waals surface area contributed by atoms with Crippen molar-refractivity contribution < 1.29 is 0 Å². The Kier molecular flexibility index (Phi) is 11.1. The summed E-state index contributed by atoms with van der Waals surface area (Å²) in [6.07, 6.45) is 2.43. The minimum absolute atomic E-state index is 0. The first-order valence-corrected chi connectivity index (χ1v) is 9.09. The highest BCUT2D eigenvalue weighted by atomic mass is 127. The van der Waals surface area contributed by atoms with Crippen LogP contribution in [0.3, 0.4) is 0 Å². The van der Waals surface area contributed by atoms with Crippen LogP contribution >= 0.6 is 24.0 Å². The second kappa shape index (κ2) is 12.5. The van der Waals surface area contributed by atoms with Gasteiger partial charge in [-0.2, -0.15) is 0 Å². The van der Waals surface area contributed by atoms with E-state index in [0.29, 0.717) is 0 Å². The predicted octanol–water partition coefficient (Wildman–Crippen LogP) is 2.31. The zero-order valence-corrected chi connectivity index (χ0v) is 18.3. The molecule has 0 aromatic heterocycles. The first kappa shape index (κ1) is 22.2. The average Bonchev–Trinajstić information content (AvgIpc) is 2.80. The fraction of sp³-hybridized carbons (Fsp3) is 0.632. The molecule has 0 bridgehead atoms. The van der Waals surface area contributed by atoms with Crippen molar-refractivity contribution in [1.82, 2.24) is 20.4 Å². The van der Waals surface area contributed by atoms with Crippen LogP contribution in [-0.2, 0) is 6.54 Å². The van der Waals surface area contributed by atoms with Gasteiger partial charge < -0.3 is 20.4 Å². The largest absolute Gasteiger partial charge is 0.356 e. The highest BCUT2D eigenvalue weighted by Crippen LogP contribution is 2.06. The van der Waals surface area contributed by atoms with Crippen molar-refractivity contribution in [1.29, 1.82) is 0 Å². The van der Waals surface area contributed by atoms with Crippen molar-refractivity contribution in [2.45, 2.75) is 26.3 Å². The molecule has 1 heterocycles. The van der Waals surface area contributed by atoms with Crippen LogP contribution in [0.4, 0.5) is 0 Å². The quantitative estimate of drug-likeness (QED) is 0.297. The lowest BCUT2D eigenvalue weighted by molar-refractivity contribution is 0.274. The lowest BCUT2D eigenvalue weighted by Crippen LogP contribution is -2.38. The minimum Gasteiger partial charge on any atom is -0.356 e. The molecule has 1 fully saturated rings. The number of rotatable bonds is 6. The van der Waals surface area contributed by atoms with Gasteiger partial charge in [-0.25, -0.2) is 0 Å². The van der Waals surface area contributed by atoms with Crippen molar-refractivity contribution in [2.24, 2.45) is 4.99 Å². The molecule has 1 aromatic rings. The summed E-state index contributed by atoms with van der Waals surface area (Å²) < 4.78 is 0. The molecule has 0 saturated carbocycles. The first-order chi connectivity index (χ1) is 11.7. The van der Waals surface area contributed by atoms with E-state index >= 15 is 0 Å². The molecule has 2 rings (SSSR count). The second-order valence-electron chi connectivity index (χ2n) is 6.63. The van der Waals surface area contributed by atoms with Crippen LogP contribution in [-0.4, -0.2) is 69.1 Å². The second-order valence-corrected chi connectivity index (χ2v) is 6.63. The summed E-state index contributed by atoms with van der Waals surface area (Å²) in [6, 6.07) is 8.46. The maximum atomic E-state index is 4.32. The van der Waals surface area contributed by atoms with Crippen molar-refractivity contribution in [2.75, 3.05) is 53.4 Å². The molecular formula is C19H34IN5. The van der Waals surface area contributed by atoms with E-state index in [0.717, 1.165) is 32.0 Å². The standard InChI is InChI=1S/C19H33N5.HI/c1-17-8-4-5-9-18(17)16-22-19(20-2)21-10-6-12-24-13-7-11-23(3)14-15-24;/h4-5,8-9H,6-7,10-16H2,1-3H3,(H2,20,21,22);1H. The SMILES string of the molecule is CN=C(NCCCN1CCCN(C)CC1)NCc1ccccc1C.I. The van der Waals surface area contributed by atoms with Gasteiger partial charge in [0, 0.05) is 33.2 Å². The van der Waals surface area contributed by atoms with Gasteiger partial charge in [0.05, 0.1) is 0 Å². The van der Waals surface area contributed by atoms with Gasteiger partial charge >= 0.3 is 0 Å². The molecule has 1 aromatic carbocycles. The van der Waals surface area contributed by atoms with Crippen molar-refractivity contribution in [3.05, 3.63) is 35.4 Å². The Morgan fingerprint density at radius 1 is 1.12 bits per heavy atom. The molecule has 1 aliphatic rings. The van der Waals surface area contributed by atoms with E-state index < -0.39 is 0 Å². The molecule has 0 radical (unpaired) electrons. The number of hydrogen-bond donors (Lipinski definition) is 2. The van der Waals surface area contributed by atoms with Crippen molar-refractivity contribution >= 4 is 29.9 Å². The zero-order valence-electron chi connectivity index (χ0n) is 15.9. The molecule has 0 aliphatic carbocycles. The van der Waals surface area contributed by atoms with E-state index in [4.69, 9.17) is 0 Å². The number of benzene rings is 1. The lowest BCUT2D eigenvalue weighted by Gasteiger charge is -2.20. The molecule has 0 amide bonds. The van der Waals surface area contributed by atoms with Crippen LogP contribution < -0.4 is 10.6 Å². The van der Waals surface area contributed by atoms with E-state index in [9.17, 15) is 0 Å². The monoisotopic (exact) mass is 459 g/mol. The van der Waals surface area contributed by atoms with Gasteiger partial charge in [0.25, 0.3) is 0 Å². The van der Waals surface area contributed by atoms with E-state index in [1.807, 2.05) is 7.05 Å². The van der Waals surface area contributed by atoms with Gasteiger partial charge in [-0.05, 0) is 57.6 Å². The minimum atomic E-state index is 0. The summed E-state index contributed by atoms with van der Waals surface area (Å²) in [5.41, 5.74) is 2.63. The van der Waals surface area contributed by atoms with E-state index in [-0.39, 0.29) is 24.0 Å². The average molecular weight is 459 g/mol. The molecule has 0 unspecified atom stereocenters. The molecule has 0 atom stereocenters. The number of nitrogens with one attached hydrogen (secondary N) is 2.